The van der Waals surface area contributed by atoms with Crippen LogP contribution in [0.15, 0.2) is 107 Å². The van der Waals surface area contributed by atoms with Crippen molar-refractivity contribution in [2.75, 3.05) is 43.0 Å². The van der Waals surface area contributed by atoms with Gasteiger partial charge in [-0.15, -0.1) is 0 Å². The zero-order valence-corrected chi connectivity index (χ0v) is 33.7. The molecule has 0 bridgehead atoms. The number of amides is 4. The van der Waals surface area contributed by atoms with Gasteiger partial charge in [0, 0.05) is 25.7 Å². The molecular weight excluding hydrogens is 777 g/mol. The van der Waals surface area contributed by atoms with Gasteiger partial charge in [0.1, 0.15) is 5.82 Å². The average molecular weight is 818 g/mol. The smallest absolute Gasteiger partial charge is 0.241 e. The average Bonchev–Trinajstić information content (AvgIpc) is 3.60. The van der Waals surface area contributed by atoms with Crippen molar-refractivity contribution in [1.82, 2.24) is 0 Å². The number of aromatic hydroxyl groups is 1. The third kappa shape index (κ3) is 6.53. The second-order valence-electron chi connectivity index (χ2n) is 15.6. The molecule has 4 amide bonds. The second-order valence-corrected chi connectivity index (χ2v) is 16.0. The van der Waals surface area contributed by atoms with Crippen molar-refractivity contribution in [3.05, 3.63) is 113 Å². The Kier molecular flexibility index (Phi) is 10.1. The predicted octanol–water partition coefficient (Wildman–Crippen LogP) is 8.66. The van der Waals surface area contributed by atoms with Crippen LogP contribution in [0.3, 0.4) is 0 Å². The molecule has 12 nitrogen and oxygen atoms in total. The summed E-state index contributed by atoms with van der Waals surface area (Å²) < 4.78 is 25.0. The highest BCUT2D eigenvalue weighted by Gasteiger charge is 2.67. The van der Waals surface area contributed by atoms with E-state index in [9.17, 15) is 28.7 Å². The number of rotatable bonds is 9. The zero-order chi connectivity index (χ0) is 41.9. The van der Waals surface area contributed by atoms with Crippen LogP contribution in [0.25, 0.3) is 6.08 Å². The lowest BCUT2D eigenvalue weighted by Gasteiger charge is -2.47. The minimum absolute atomic E-state index is 0.131. The predicted molar refractivity (Wildman–Crippen MR) is 221 cm³/mol. The molecule has 4 aromatic rings. The van der Waals surface area contributed by atoms with Crippen LogP contribution < -0.4 is 24.2 Å². The fourth-order valence-corrected chi connectivity index (χ4v) is 9.34. The molecule has 1 N–H and O–H groups in total. The number of methoxy groups -OCH3 is 2. The molecule has 0 radical (unpaired) electrons. The number of hydrogen-bond acceptors (Lipinski definition) is 10. The van der Waals surface area contributed by atoms with E-state index < -0.39 is 52.6 Å². The van der Waals surface area contributed by atoms with Gasteiger partial charge in [0.25, 0.3) is 0 Å². The van der Waals surface area contributed by atoms with Crippen molar-refractivity contribution in [3.8, 4) is 17.2 Å². The lowest BCUT2D eigenvalue weighted by molar-refractivity contribution is -0.132. The molecule has 3 fully saturated rings. The molecule has 4 aliphatic rings. The van der Waals surface area contributed by atoms with Crippen molar-refractivity contribution < 1.29 is 38.1 Å². The second kappa shape index (κ2) is 15.1. The summed E-state index contributed by atoms with van der Waals surface area (Å²) in [5.41, 5.74) is 2.78. The third-order valence-electron chi connectivity index (χ3n) is 12.2. The van der Waals surface area contributed by atoms with Crippen molar-refractivity contribution in [2.45, 2.75) is 19.8 Å². The first kappa shape index (κ1) is 39.5. The molecule has 0 aromatic heterocycles. The van der Waals surface area contributed by atoms with Gasteiger partial charge in [-0.25, -0.2) is 9.29 Å². The quantitative estimate of drug-likeness (QED) is 0.101. The number of fused-ring (bicyclic) bond motifs is 4. The first-order valence-corrected chi connectivity index (χ1v) is 19.5. The Balaban J connectivity index is 1.13. The summed E-state index contributed by atoms with van der Waals surface area (Å²) in [5, 5.41) is 19.0. The number of allylic oxidation sites excluding steroid dienone is 3. The highest BCUT2D eigenvalue weighted by atomic mass is 35.5. The number of halogens is 2. The van der Waals surface area contributed by atoms with E-state index >= 15 is 0 Å². The number of phenolic OH excluding ortho intramolecular Hbond substituents is 1. The minimum Gasteiger partial charge on any atom is -0.502 e. The SMILES string of the molecule is COc1cc(C=CC2C3=CCC4C(=O)N(c5ccc(N=Nc6ccc(N(C)C)cc6)cc5)C(=O)C4C3CC3C(=O)N(c4ccc(F)c(Cl)c4)C(=O)C23C)cc(OC)c1O. The molecule has 302 valence electrons. The van der Waals surface area contributed by atoms with Gasteiger partial charge < -0.3 is 19.5 Å². The largest absolute Gasteiger partial charge is 0.502 e. The van der Waals surface area contributed by atoms with Crippen LogP contribution in [0.4, 0.5) is 32.8 Å². The summed E-state index contributed by atoms with van der Waals surface area (Å²) >= 11 is 6.13. The van der Waals surface area contributed by atoms with Crippen LogP contribution in [0, 0.1) is 40.8 Å². The molecule has 2 heterocycles. The van der Waals surface area contributed by atoms with E-state index in [1.54, 1.807) is 49.4 Å². The summed E-state index contributed by atoms with van der Waals surface area (Å²) in [6, 6.07) is 21.2. The molecule has 6 atom stereocenters. The van der Waals surface area contributed by atoms with E-state index in [1.165, 1.54) is 31.3 Å². The van der Waals surface area contributed by atoms with Crippen molar-refractivity contribution in [2.24, 2.45) is 45.2 Å². The summed E-state index contributed by atoms with van der Waals surface area (Å²) in [6.45, 7) is 1.74. The number of anilines is 3. The van der Waals surface area contributed by atoms with Gasteiger partial charge in [-0.05, 0) is 110 Å². The van der Waals surface area contributed by atoms with Crippen molar-refractivity contribution in [1.29, 1.82) is 0 Å². The maximum atomic E-state index is 14.7. The monoisotopic (exact) mass is 817 g/mol. The summed E-state index contributed by atoms with van der Waals surface area (Å²) in [6.07, 6.45) is 5.91. The number of imide groups is 2. The number of benzene rings is 4. The van der Waals surface area contributed by atoms with Gasteiger partial charge in [0.2, 0.25) is 29.4 Å². The fraction of sp³-hybridized carbons (Fsp3) is 0.289. The van der Waals surface area contributed by atoms with Crippen LogP contribution >= 0.6 is 11.6 Å². The topological polar surface area (TPSA) is 141 Å². The molecular formula is C45H41ClFN5O7. The normalized spacial score (nSPS) is 25.1. The Labute approximate surface area is 345 Å². The Morgan fingerprint density at radius 3 is 2.03 bits per heavy atom. The van der Waals surface area contributed by atoms with E-state index in [0.717, 1.165) is 22.2 Å². The lowest BCUT2D eigenvalue weighted by atomic mass is 9.52. The molecule has 2 aliphatic carbocycles. The Morgan fingerprint density at radius 1 is 0.831 bits per heavy atom. The molecule has 2 saturated heterocycles. The van der Waals surface area contributed by atoms with Gasteiger partial charge in [-0.3, -0.25) is 24.1 Å². The van der Waals surface area contributed by atoms with Gasteiger partial charge in [0.05, 0.1) is 65.2 Å². The van der Waals surface area contributed by atoms with Gasteiger partial charge in [-0.1, -0.05) is 35.4 Å². The van der Waals surface area contributed by atoms with Gasteiger partial charge in [-0.2, -0.15) is 10.2 Å². The van der Waals surface area contributed by atoms with Crippen LogP contribution in [-0.2, 0) is 19.2 Å². The van der Waals surface area contributed by atoms with E-state index in [2.05, 4.69) is 10.2 Å². The number of phenols is 1. The van der Waals surface area contributed by atoms with Crippen LogP contribution in [0.2, 0.25) is 5.02 Å². The minimum atomic E-state index is -1.33. The molecule has 6 unspecified atom stereocenters. The third-order valence-corrected chi connectivity index (χ3v) is 12.5. The van der Waals surface area contributed by atoms with Gasteiger partial charge >= 0.3 is 0 Å². The molecule has 8 rings (SSSR count). The maximum absolute atomic E-state index is 14.7. The molecule has 14 heteroatoms. The van der Waals surface area contributed by atoms with Crippen molar-refractivity contribution >= 4 is 69.7 Å². The maximum Gasteiger partial charge on any atom is 0.241 e. The lowest BCUT2D eigenvalue weighted by Crippen LogP contribution is -2.49. The van der Waals surface area contributed by atoms with Crippen LogP contribution in [0.1, 0.15) is 25.3 Å². The molecule has 1 saturated carbocycles. The highest BCUT2D eigenvalue weighted by molar-refractivity contribution is 6.32. The fourth-order valence-electron chi connectivity index (χ4n) is 9.16. The number of nitrogens with zero attached hydrogens (tertiary/aromatic N) is 5. The van der Waals surface area contributed by atoms with Crippen LogP contribution in [-0.4, -0.2) is 57.1 Å². The summed E-state index contributed by atoms with van der Waals surface area (Å²) in [7, 11) is 6.73. The van der Waals surface area contributed by atoms with Crippen LogP contribution in [0.5, 0.6) is 17.2 Å². The van der Waals surface area contributed by atoms with E-state index in [-0.39, 0.29) is 52.6 Å². The Bertz CT molecular complexity index is 2460. The summed E-state index contributed by atoms with van der Waals surface area (Å²) in [4.78, 5) is 62.1. The number of ether oxygens (including phenoxy) is 2. The first-order valence-electron chi connectivity index (χ1n) is 19.1. The molecule has 4 aromatic carbocycles. The van der Waals surface area contributed by atoms with Gasteiger partial charge in [0.15, 0.2) is 11.5 Å². The Morgan fingerprint density at radius 2 is 1.44 bits per heavy atom. The van der Waals surface area contributed by atoms with E-state index in [4.69, 9.17) is 21.1 Å². The zero-order valence-electron chi connectivity index (χ0n) is 32.9. The highest BCUT2D eigenvalue weighted by Crippen LogP contribution is 2.61. The summed E-state index contributed by atoms with van der Waals surface area (Å²) in [5.74, 6) is -5.91. The number of carbonyl (C=O) groups is 4. The molecule has 59 heavy (non-hydrogen) atoms. The molecule has 2 aliphatic heterocycles. The standard InChI is InChI=1S/C45H41ClFN5O7/c1-45-33(18-6-24-20-37(58-4)40(53)38(21-24)59-5)30-16-17-31-39(32(30)23-34(45)42(55)52(44(45)57)29-15-19-36(47)35(46)22-29)43(56)51(41(31)54)28-13-9-26(10-14-28)49-48-25-7-11-27(12-8-25)50(2)3/h6-16,18-22,31-34,39,53H,17,23H2,1-5H3. The number of carbonyl (C=O) groups excluding carboxylic acids is 4. The van der Waals surface area contributed by atoms with E-state index in [0.29, 0.717) is 22.6 Å². The van der Waals surface area contributed by atoms with Crippen molar-refractivity contribution in [3.63, 3.8) is 0 Å². The molecule has 0 spiro atoms. The first-order chi connectivity index (χ1) is 28.3. The Hall–Kier alpha value is -6.34. The number of azo groups is 1. The number of hydrogen-bond donors (Lipinski definition) is 1. The van der Waals surface area contributed by atoms with E-state index in [1.807, 2.05) is 55.4 Å².